The van der Waals surface area contributed by atoms with Gasteiger partial charge in [0.1, 0.15) is 18.0 Å². The van der Waals surface area contributed by atoms with Crippen LogP contribution >= 0.6 is 12.2 Å². The molecule has 1 aliphatic rings. The second-order valence-electron chi connectivity index (χ2n) is 7.15. The summed E-state index contributed by atoms with van der Waals surface area (Å²) in [4.78, 5) is 1.61. The van der Waals surface area contributed by atoms with Crippen molar-refractivity contribution >= 4 is 28.7 Å². The molecule has 1 aliphatic heterocycles. The van der Waals surface area contributed by atoms with Crippen LogP contribution in [0.25, 0.3) is 0 Å². The van der Waals surface area contributed by atoms with Gasteiger partial charge in [-0.15, -0.1) is 0 Å². The number of hydrogen-bond donors (Lipinski definition) is 3. The Balaban J connectivity index is 1.63. The topological polar surface area (TPSA) is 59.3 Å². The maximum Gasteiger partial charge on any atom is 0.191 e. The summed E-state index contributed by atoms with van der Waals surface area (Å²) in [5.41, 5.74) is 6.93. The lowest BCUT2D eigenvalue weighted by Crippen LogP contribution is -3.08. The summed E-state index contributed by atoms with van der Waals surface area (Å²) in [5.74, 6) is 1.74. The first-order valence-corrected chi connectivity index (χ1v) is 10.3. The molecule has 154 valence electrons. The zero-order valence-corrected chi connectivity index (χ0v) is 18.1. The minimum atomic E-state index is 0.435. The standard InChI is InChI=1S/C22H28N4O2S/c1-16(24-25-22(29)23-19-7-9-20(27-2)10-8-19)17-6-11-21(28-3)18(14-17)15-26-12-4-5-13-26/h6-11,14H,4-5,12-13,15H2,1-3H3,(H2,23,25,29)/p+1/b24-16-. The van der Waals surface area contributed by atoms with Gasteiger partial charge in [-0.3, -0.25) is 5.43 Å². The minimum Gasteiger partial charge on any atom is -0.497 e. The molecule has 2 aromatic rings. The van der Waals surface area contributed by atoms with E-state index in [1.807, 2.05) is 43.3 Å². The smallest absolute Gasteiger partial charge is 0.191 e. The van der Waals surface area contributed by atoms with E-state index in [0.717, 1.165) is 35.0 Å². The second-order valence-corrected chi connectivity index (χ2v) is 7.56. The number of nitrogens with one attached hydrogen (secondary N) is 3. The largest absolute Gasteiger partial charge is 0.497 e. The molecular weight excluding hydrogens is 384 g/mol. The number of hydrogen-bond acceptors (Lipinski definition) is 4. The van der Waals surface area contributed by atoms with Crippen molar-refractivity contribution in [3.8, 4) is 11.5 Å². The average Bonchev–Trinajstić information content (AvgIpc) is 3.25. The molecule has 1 fully saturated rings. The van der Waals surface area contributed by atoms with Gasteiger partial charge < -0.3 is 19.7 Å². The van der Waals surface area contributed by atoms with E-state index in [-0.39, 0.29) is 0 Å². The monoisotopic (exact) mass is 413 g/mol. The van der Waals surface area contributed by atoms with Crippen LogP contribution in [0.2, 0.25) is 0 Å². The number of likely N-dealkylation sites (tertiary alicyclic amines) is 1. The van der Waals surface area contributed by atoms with E-state index < -0.39 is 0 Å². The Kier molecular flexibility index (Phi) is 7.43. The Hall–Kier alpha value is -2.64. The van der Waals surface area contributed by atoms with Crippen LogP contribution in [0, 0.1) is 0 Å². The normalized spacial score (nSPS) is 14.5. The molecule has 7 heteroatoms. The van der Waals surface area contributed by atoms with Crippen LogP contribution in [0.1, 0.15) is 30.9 Å². The summed E-state index contributed by atoms with van der Waals surface area (Å²) in [5, 5.41) is 7.99. The molecular formula is C22H29N4O2S+. The van der Waals surface area contributed by atoms with Crippen molar-refractivity contribution in [2.45, 2.75) is 26.3 Å². The fourth-order valence-electron chi connectivity index (χ4n) is 3.50. The second kappa shape index (κ2) is 10.2. The van der Waals surface area contributed by atoms with Crippen molar-refractivity contribution < 1.29 is 14.4 Å². The third kappa shape index (κ3) is 5.92. The molecule has 2 aromatic carbocycles. The van der Waals surface area contributed by atoms with Gasteiger partial charge in [0, 0.05) is 24.1 Å². The lowest BCUT2D eigenvalue weighted by molar-refractivity contribution is -0.901. The number of ether oxygens (including phenoxy) is 2. The summed E-state index contributed by atoms with van der Waals surface area (Å²) >= 11 is 5.34. The van der Waals surface area contributed by atoms with Crippen molar-refractivity contribution in [1.29, 1.82) is 0 Å². The third-order valence-electron chi connectivity index (χ3n) is 5.12. The van der Waals surface area contributed by atoms with Crippen molar-refractivity contribution in [2.75, 3.05) is 32.6 Å². The Morgan fingerprint density at radius 1 is 1.07 bits per heavy atom. The summed E-state index contributed by atoms with van der Waals surface area (Å²) in [7, 11) is 3.37. The molecule has 29 heavy (non-hydrogen) atoms. The highest BCUT2D eigenvalue weighted by Gasteiger charge is 2.18. The van der Waals surface area contributed by atoms with Gasteiger partial charge in [-0.2, -0.15) is 5.10 Å². The highest BCUT2D eigenvalue weighted by atomic mass is 32.1. The first kappa shape index (κ1) is 21.1. The van der Waals surface area contributed by atoms with Crippen LogP contribution in [-0.2, 0) is 6.54 Å². The van der Waals surface area contributed by atoms with Gasteiger partial charge in [0.25, 0.3) is 0 Å². The van der Waals surface area contributed by atoms with Crippen molar-refractivity contribution in [3.63, 3.8) is 0 Å². The van der Waals surface area contributed by atoms with Crippen LogP contribution < -0.4 is 25.1 Å². The predicted octanol–water partition coefficient (Wildman–Crippen LogP) is 2.59. The molecule has 1 heterocycles. The number of quaternary nitrogens is 1. The van der Waals surface area contributed by atoms with Gasteiger partial charge in [-0.1, -0.05) is 0 Å². The van der Waals surface area contributed by atoms with Crippen molar-refractivity contribution in [2.24, 2.45) is 5.10 Å². The first-order valence-electron chi connectivity index (χ1n) is 9.85. The molecule has 6 nitrogen and oxygen atoms in total. The summed E-state index contributed by atoms with van der Waals surface area (Å²) in [6.45, 7) is 5.41. The average molecular weight is 414 g/mol. The van der Waals surface area contributed by atoms with Crippen LogP contribution in [0.4, 0.5) is 5.69 Å². The van der Waals surface area contributed by atoms with Gasteiger partial charge >= 0.3 is 0 Å². The molecule has 3 N–H and O–H groups in total. The van der Waals surface area contributed by atoms with E-state index >= 15 is 0 Å². The number of rotatable bonds is 7. The Morgan fingerprint density at radius 2 is 1.79 bits per heavy atom. The lowest BCUT2D eigenvalue weighted by atomic mass is 10.1. The Bertz CT molecular complexity index is 862. The first-order chi connectivity index (χ1) is 14.1. The van der Waals surface area contributed by atoms with E-state index in [2.05, 4.69) is 21.9 Å². The van der Waals surface area contributed by atoms with E-state index in [9.17, 15) is 0 Å². The van der Waals surface area contributed by atoms with Crippen LogP contribution in [-0.4, -0.2) is 38.1 Å². The van der Waals surface area contributed by atoms with E-state index in [0.29, 0.717) is 5.11 Å². The van der Waals surface area contributed by atoms with Gasteiger partial charge in [0.15, 0.2) is 5.11 Å². The number of benzene rings is 2. The van der Waals surface area contributed by atoms with Gasteiger partial charge in [0.05, 0.1) is 33.0 Å². The number of thiocarbonyl (C=S) groups is 1. The highest BCUT2D eigenvalue weighted by Crippen LogP contribution is 2.20. The molecule has 3 rings (SSSR count). The maximum atomic E-state index is 5.56. The number of nitrogens with zero attached hydrogens (tertiary/aromatic N) is 1. The number of anilines is 1. The molecule has 1 saturated heterocycles. The SMILES string of the molecule is COc1ccc(NC(=S)N/N=C(/C)c2ccc(OC)c(C[NH+]3CCCC3)c2)cc1. The number of hydrazone groups is 1. The third-order valence-corrected chi connectivity index (χ3v) is 5.32. The predicted molar refractivity (Wildman–Crippen MR) is 121 cm³/mol. The quantitative estimate of drug-likeness (QED) is 0.370. The molecule has 0 saturated carbocycles. The zero-order valence-electron chi connectivity index (χ0n) is 17.2. The fourth-order valence-corrected chi connectivity index (χ4v) is 3.66. The van der Waals surface area contributed by atoms with Crippen molar-refractivity contribution in [3.05, 3.63) is 53.6 Å². The fraction of sp³-hybridized carbons (Fsp3) is 0.364. The van der Waals surface area contributed by atoms with Gasteiger partial charge in [-0.05, 0) is 67.2 Å². The van der Waals surface area contributed by atoms with Crippen molar-refractivity contribution in [1.82, 2.24) is 5.43 Å². The van der Waals surface area contributed by atoms with Crippen LogP contribution in [0.3, 0.4) is 0 Å². The summed E-state index contributed by atoms with van der Waals surface area (Å²) in [6.07, 6.45) is 2.61. The van der Waals surface area contributed by atoms with E-state index in [1.165, 1.54) is 31.5 Å². The van der Waals surface area contributed by atoms with E-state index in [1.54, 1.807) is 19.1 Å². The molecule has 0 atom stereocenters. The molecule has 0 aromatic heterocycles. The molecule has 0 amide bonds. The number of methoxy groups -OCH3 is 2. The molecule has 0 aliphatic carbocycles. The Morgan fingerprint density at radius 3 is 2.45 bits per heavy atom. The zero-order chi connectivity index (χ0) is 20.6. The highest BCUT2D eigenvalue weighted by molar-refractivity contribution is 7.80. The molecule has 0 bridgehead atoms. The van der Waals surface area contributed by atoms with Gasteiger partial charge in [0.2, 0.25) is 0 Å². The van der Waals surface area contributed by atoms with Gasteiger partial charge in [-0.25, -0.2) is 0 Å². The molecule has 0 spiro atoms. The van der Waals surface area contributed by atoms with Crippen LogP contribution in [0.15, 0.2) is 47.6 Å². The molecule has 0 radical (unpaired) electrons. The van der Waals surface area contributed by atoms with Crippen LogP contribution in [0.5, 0.6) is 11.5 Å². The minimum absolute atomic E-state index is 0.435. The Labute approximate surface area is 177 Å². The molecule has 0 unspecified atom stereocenters. The van der Waals surface area contributed by atoms with E-state index in [4.69, 9.17) is 21.7 Å². The lowest BCUT2D eigenvalue weighted by Gasteiger charge is -2.16. The summed E-state index contributed by atoms with van der Waals surface area (Å²) < 4.78 is 10.7. The maximum absolute atomic E-state index is 5.56. The summed E-state index contributed by atoms with van der Waals surface area (Å²) in [6, 6.07) is 13.8.